The van der Waals surface area contributed by atoms with Gasteiger partial charge in [0.25, 0.3) is 0 Å². The molecular weight excluding hydrogens is 461 g/mol. The van der Waals surface area contributed by atoms with Crippen molar-refractivity contribution in [3.8, 4) is 11.5 Å². The van der Waals surface area contributed by atoms with Crippen LogP contribution in [0.15, 0.2) is 42.6 Å². The molecule has 35 heavy (non-hydrogen) atoms. The molecule has 0 bridgehead atoms. The number of amides is 1. The monoisotopic (exact) mass is 484 g/mol. The fourth-order valence-electron chi connectivity index (χ4n) is 4.18. The fourth-order valence-corrected chi connectivity index (χ4v) is 4.18. The van der Waals surface area contributed by atoms with Crippen LogP contribution in [-0.2, 0) is 23.9 Å². The van der Waals surface area contributed by atoms with Crippen LogP contribution in [0.1, 0.15) is 30.3 Å². The number of hydrogen-bond acceptors (Lipinski definition) is 7. The van der Waals surface area contributed by atoms with E-state index in [1.807, 2.05) is 31.0 Å². The van der Waals surface area contributed by atoms with Crippen molar-refractivity contribution >= 4 is 23.4 Å². The molecule has 2 aliphatic rings. The van der Waals surface area contributed by atoms with E-state index >= 15 is 0 Å². The van der Waals surface area contributed by atoms with Crippen molar-refractivity contribution in [2.24, 2.45) is 0 Å². The molecule has 182 valence electrons. The molecule has 0 radical (unpaired) electrons. The lowest BCUT2D eigenvalue weighted by Gasteiger charge is -2.41. The van der Waals surface area contributed by atoms with Crippen LogP contribution in [0.2, 0.25) is 0 Å². The summed E-state index contributed by atoms with van der Waals surface area (Å²) in [6.45, 7) is 3.02. The predicted octanol–water partition coefficient (Wildman–Crippen LogP) is 4.41. The second-order valence-corrected chi connectivity index (χ2v) is 8.52. The Labute approximate surface area is 199 Å². The minimum absolute atomic E-state index is 0.0691. The minimum atomic E-state index is -4.49. The third-order valence-corrected chi connectivity index (χ3v) is 6.18. The zero-order valence-electron chi connectivity index (χ0n) is 19.1. The van der Waals surface area contributed by atoms with E-state index in [2.05, 4.69) is 20.3 Å². The molecule has 1 N–H and O–H groups in total. The summed E-state index contributed by atoms with van der Waals surface area (Å²) in [4.78, 5) is 29.1. The van der Waals surface area contributed by atoms with Gasteiger partial charge in [-0.15, -0.1) is 0 Å². The number of carbonyl (C=O) groups excluding carboxylic acids is 1. The first-order valence-corrected chi connectivity index (χ1v) is 11.2. The zero-order valence-corrected chi connectivity index (χ0v) is 19.1. The van der Waals surface area contributed by atoms with Crippen molar-refractivity contribution in [3.05, 3.63) is 59.5 Å². The smallest absolute Gasteiger partial charge is 0.433 e. The van der Waals surface area contributed by atoms with Gasteiger partial charge in [0.15, 0.2) is 5.82 Å². The fraction of sp³-hybridized carbons (Fsp3) is 0.333. The van der Waals surface area contributed by atoms with E-state index in [0.717, 1.165) is 47.9 Å². The van der Waals surface area contributed by atoms with Crippen LogP contribution in [0.5, 0.6) is 11.5 Å². The third-order valence-electron chi connectivity index (χ3n) is 6.18. The number of nitrogens with zero attached hydrogens (tertiary/aromatic N) is 5. The number of nitrogens with one attached hydrogen (secondary N) is 1. The number of anilines is 3. The van der Waals surface area contributed by atoms with Crippen molar-refractivity contribution in [3.63, 3.8) is 0 Å². The molecule has 2 aromatic heterocycles. The molecule has 0 saturated carbocycles. The Morgan fingerprint density at radius 2 is 1.86 bits per heavy atom. The summed E-state index contributed by atoms with van der Waals surface area (Å²) >= 11 is 0. The first-order valence-electron chi connectivity index (χ1n) is 11.2. The van der Waals surface area contributed by atoms with Crippen LogP contribution in [-0.4, -0.2) is 40.5 Å². The third kappa shape index (κ3) is 4.45. The molecule has 1 atom stereocenters. The number of carbonyl (C=O) groups is 1. The standard InChI is InChI=1S/C24H23F3N6O2/c1-14-22(34)33-11-3-4-18-20(33)21(32(14)2)31-23(30-18)29-12-15-5-7-16(8-6-15)35-17-9-10-19(28-13-17)24(25,26)27/h5-10,13-14H,3-4,11-12H2,1-2H3,(H,29,30,31)/t14-/m0/s1. The number of pyridine rings is 1. The Balaban J connectivity index is 1.26. The van der Waals surface area contributed by atoms with Gasteiger partial charge in [-0.1, -0.05) is 12.1 Å². The molecule has 5 rings (SSSR count). The lowest BCUT2D eigenvalue weighted by atomic mass is 10.0. The second kappa shape index (κ2) is 8.71. The van der Waals surface area contributed by atoms with Gasteiger partial charge in [-0.2, -0.15) is 18.2 Å². The van der Waals surface area contributed by atoms with Crippen molar-refractivity contribution in [2.45, 2.75) is 38.5 Å². The molecule has 3 aromatic rings. The SMILES string of the molecule is C[C@H]1C(=O)N2CCCc3nc(NCc4ccc(Oc5ccc(C(F)(F)F)nc5)cc4)nc(c32)N1C. The number of aryl methyl sites for hydroxylation is 1. The summed E-state index contributed by atoms with van der Waals surface area (Å²) in [5.74, 6) is 2.00. The number of benzene rings is 1. The molecule has 0 aliphatic carbocycles. The van der Waals surface area contributed by atoms with Gasteiger partial charge >= 0.3 is 6.18 Å². The molecule has 4 heterocycles. The van der Waals surface area contributed by atoms with Crippen LogP contribution >= 0.6 is 0 Å². The highest BCUT2D eigenvalue weighted by Crippen LogP contribution is 2.39. The molecule has 1 amide bonds. The number of rotatable bonds is 5. The highest BCUT2D eigenvalue weighted by Gasteiger charge is 2.38. The van der Waals surface area contributed by atoms with Crippen LogP contribution in [0.3, 0.4) is 0 Å². The zero-order chi connectivity index (χ0) is 24.7. The maximum Gasteiger partial charge on any atom is 0.433 e. The summed E-state index contributed by atoms with van der Waals surface area (Å²) in [5.41, 5.74) is 1.65. The number of likely N-dealkylation sites (N-methyl/N-ethyl adjacent to an activating group) is 1. The van der Waals surface area contributed by atoms with Crippen molar-refractivity contribution in [1.82, 2.24) is 15.0 Å². The van der Waals surface area contributed by atoms with Gasteiger partial charge in [0, 0.05) is 20.1 Å². The van der Waals surface area contributed by atoms with E-state index < -0.39 is 11.9 Å². The number of halogens is 3. The summed E-state index contributed by atoms with van der Waals surface area (Å²) in [5, 5.41) is 3.25. The molecule has 0 unspecified atom stereocenters. The number of hydrogen-bond donors (Lipinski definition) is 1. The Hall–Kier alpha value is -3.89. The molecule has 8 nitrogen and oxygen atoms in total. The Morgan fingerprint density at radius 1 is 1.11 bits per heavy atom. The minimum Gasteiger partial charge on any atom is -0.456 e. The molecule has 11 heteroatoms. The average Bonchev–Trinajstić information content (AvgIpc) is 2.85. The van der Waals surface area contributed by atoms with E-state index in [0.29, 0.717) is 24.8 Å². The predicted molar refractivity (Wildman–Crippen MR) is 124 cm³/mol. The van der Waals surface area contributed by atoms with Gasteiger partial charge in [0.1, 0.15) is 28.9 Å². The second-order valence-electron chi connectivity index (χ2n) is 8.52. The Kier molecular flexibility index (Phi) is 5.70. The van der Waals surface area contributed by atoms with E-state index in [-0.39, 0.29) is 17.7 Å². The lowest BCUT2D eigenvalue weighted by Crippen LogP contribution is -2.53. The summed E-state index contributed by atoms with van der Waals surface area (Å²) in [7, 11) is 1.87. The number of aromatic nitrogens is 3. The van der Waals surface area contributed by atoms with E-state index in [9.17, 15) is 18.0 Å². The lowest BCUT2D eigenvalue weighted by molar-refractivity contribution is -0.141. The van der Waals surface area contributed by atoms with E-state index in [4.69, 9.17) is 4.74 Å². The van der Waals surface area contributed by atoms with Gasteiger partial charge in [0.05, 0.1) is 11.9 Å². The van der Waals surface area contributed by atoms with E-state index in [1.54, 1.807) is 17.0 Å². The Morgan fingerprint density at radius 3 is 2.54 bits per heavy atom. The molecule has 1 aromatic carbocycles. The number of alkyl halides is 3. The molecule has 2 aliphatic heterocycles. The van der Waals surface area contributed by atoms with Crippen molar-refractivity contribution in [1.29, 1.82) is 0 Å². The van der Waals surface area contributed by atoms with Crippen LogP contribution in [0, 0.1) is 0 Å². The maximum atomic E-state index is 12.7. The highest BCUT2D eigenvalue weighted by atomic mass is 19.4. The molecule has 0 spiro atoms. The van der Waals surface area contributed by atoms with Crippen LogP contribution < -0.4 is 19.9 Å². The van der Waals surface area contributed by atoms with Gasteiger partial charge in [0.2, 0.25) is 11.9 Å². The van der Waals surface area contributed by atoms with Crippen LogP contribution in [0.4, 0.5) is 30.6 Å². The number of ether oxygens (including phenoxy) is 1. The van der Waals surface area contributed by atoms with Gasteiger partial charge in [-0.25, -0.2) is 9.97 Å². The summed E-state index contributed by atoms with van der Waals surface area (Å²) < 4.78 is 43.5. The largest absolute Gasteiger partial charge is 0.456 e. The molecule has 0 saturated heterocycles. The maximum absolute atomic E-state index is 12.7. The first-order chi connectivity index (χ1) is 16.7. The first kappa shape index (κ1) is 22.9. The quantitative estimate of drug-likeness (QED) is 0.574. The van der Waals surface area contributed by atoms with E-state index in [1.165, 1.54) is 6.07 Å². The van der Waals surface area contributed by atoms with Crippen LogP contribution in [0.25, 0.3) is 0 Å². The van der Waals surface area contributed by atoms with Crippen molar-refractivity contribution in [2.75, 3.05) is 28.7 Å². The normalized spacial score (nSPS) is 17.3. The summed E-state index contributed by atoms with van der Waals surface area (Å²) in [6, 6.07) is 8.97. The Bertz CT molecular complexity index is 1250. The molecular formula is C24H23F3N6O2. The molecule has 0 fully saturated rings. The topological polar surface area (TPSA) is 83.5 Å². The van der Waals surface area contributed by atoms with Gasteiger partial charge in [-0.05, 0) is 49.6 Å². The van der Waals surface area contributed by atoms with Crippen molar-refractivity contribution < 1.29 is 22.7 Å². The van der Waals surface area contributed by atoms with Gasteiger partial charge < -0.3 is 19.9 Å². The highest BCUT2D eigenvalue weighted by molar-refractivity contribution is 6.05. The summed E-state index contributed by atoms with van der Waals surface area (Å²) in [6.07, 6.45) is -1.79. The van der Waals surface area contributed by atoms with Gasteiger partial charge in [-0.3, -0.25) is 4.79 Å². The average molecular weight is 484 g/mol.